The average Bonchev–Trinajstić information content (AvgIpc) is 3.82. The number of carboxylic acid groups (broad SMARTS) is 1. The number of hydrogen-bond donors (Lipinski definition) is 4. The third-order valence-electron chi connectivity index (χ3n) is 11.7. The highest BCUT2D eigenvalue weighted by atomic mass is 35.5. The lowest BCUT2D eigenvalue weighted by Crippen LogP contribution is -2.52. The number of aromatic nitrogens is 1. The summed E-state index contributed by atoms with van der Waals surface area (Å²) in [6.45, 7) is 8.96. The number of likely N-dealkylation sites (tertiary alicyclic amines) is 1. The number of ether oxygens (including phenoxy) is 2. The molecule has 2 atom stereocenters. The summed E-state index contributed by atoms with van der Waals surface area (Å²) in [5, 5.41) is 35.0. The number of hydrogen-bond acceptors (Lipinski definition) is 9. The summed E-state index contributed by atoms with van der Waals surface area (Å²) in [5.41, 5.74) is 9.13. The lowest BCUT2D eigenvalue weighted by molar-refractivity contribution is -0.146. The van der Waals surface area contributed by atoms with E-state index in [-0.39, 0.29) is 31.1 Å². The first-order chi connectivity index (χ1) is 28.4. The fourth-order valence-corrected chi connectivity index (χ4v) is 8.26. The van der Waals surface area contributed by atoms with Crippen molar-refractivity contribution in [3.05, 3.63) is 135 Å². The molecule has 1 amide bonds. The molecule has 0 saturated carbocycles. The monoisotopic (exact) mass is 813 g/mol. The normalized spacial score (nSPS) is 17.4. The molecule has 12 heteroatoms. The number of amides is 1. The second-order valence-electron chi connectivity index (χ2n) is 16.0. The molecule has 0 radical (unpaired) electrons. The highest BCUT2D eigenvalue weighted by molar-refractivity contribution is 6.32. The number of aliphatic hydroxyl groups is 1. The molecular weight excluding hydrogens is 766 g/mol. The van der Waals surface area contributed by atoms with Gasteiger partial charge in [-0.25, -0.2) is 0 Å². The summed E-state index contributed by atoms with van der Waals surface area (Å²) in [5.74, 6) is -0.268. The van der Waals surface area contributed by atoms with Crippen LogP contribution in [-0.2, 0) is 35.9 Å². The van der Waals surface area contributed by atoms with Crippen LogP contribution in [0.15, 0.2) is 91.3 Å². The molecule has 5 aromatic rings. The Bertz CT molecular complexity index is 2420. The number of carboxylic acids is 1. The van der Waals surface area contributed by atoms with Crippen molar-refractivity contribution in [3.8, 4) is 39.8 Å². The Hall–Kier alpha value is -5.77. The highest BCUT2D eigenvalue weighted by Gasteiger charge is 2.43. The Kier molecular flexibility index (Phi) is 12.4. The SMILES string of the molecule is Cc1c(COc2cc(OCc3cncc(C#N)c3)c(CNC(C)(CO)C(=O)O)cc2Cl)cccc1-c1cccc(-c2ccc(CN3CCC4(CNC(=O)C4)C3)cc2)c1C. The molecule has 304 valence electrons. The third-order valence-corrected chi connectivity index (χ3v) is 12.0. The van der Waals surface area contributed by atoms with Crippen LogP contribution in [0.4, 0.5) is 0 Å². The molecule has 3 heterocycles. The van der Waals surface area contributed by atoms with Gasteiger partial charge in [0.2, 0.25) is 5.91 Å². The van der Waals surface area contributed by atoms with E-state index in [9.17, 15) is 25.1 Å². The van der Waals surface area contributed by atoms with Gasteiger partial charge in [-0.3, -0.25) is 24.8 Å². The van der Waals surface area contributed by atoms with Gasteiger partial charge in [0, 0.05) is 67.6 Å². The molecule has 11 nitrogen and oxygen atoms in total. The Labute approximate surface area is 349 Å². The lowest BCUT2D eigenvalue weighted by atomic mass is 9.86. The summed E-state index contributed by atoms with van der Waals surface area (Å²) in [7, 11) is 0. The Balaban J connectivity index is 1.07. The maximum absolute atomic E-state index is 11.9. The van der Waals surface area contributed by atoms with E-state index in [1.807, 2.05) is 12.1 Å². The van der Waals surface area contributed by atoms with Crippen LogP contribution in [0.3, 0.4) is 0 Å². The predicted molar refractivity (Wildman–Crippen MR) is 226 cm³/mol. The average molecular weight is 814 g/mol. The number of aliphatic hydroxyl groups excluding tert-OH is 1. The number of pyridine rings is 1. The zero-order chi connectivity index (χ0) is 41.7. The molecule has 0 bridgehead atoms. The molecule has 4 aromatic carbocycles. The molecule has 0 aliphatic carbocycles. The predicted octanol–water partition coefficient (Wildman–Crippen LogP) is 7.35. The van der Waals surface area contributed by atoms with E-state index >= 15 is 0 Å². The van der Waals surface area contributed by atoms with Crippen molar-refractivity contribution in [2.45, 2.75) is 65.5 Å². The van der Waals surface area contributed by atoms with Crippen molar-refractivity contribution < 1.29 is 29.3 Å². The molecule has 2 aliphatic heterocycles. The van der Waals surface area contributed by atoms with Gasteiger partial charge in [0.1, 0.15) is 36.3 Å². The first kappa shape index (κ1) is 41.4. The van der Waals surface area contributed by atoms with Crippen LogP contribution in [0.1, 0.15) is 58.7 Å². The lowest BCUT2D eigenvalue weighted by Gasteiger charge is -2.25. The Morgan fingerprint density at radius 2 is 1.69 bits per heavy atom. The maximum Gasteiger partial charge on any atom is 0.326 e. The molecule has 2 unspecified atom stereocenters. The molecular formula is C47H48ClN5O6. The summed E-state index contributed by atoms with van der Waals surface area (Å²) < 4.78 is 12.6. The number of rotatable bonds is 15. The molecule has 4 N–H and O–H groups in total. The van der Waals surface area contributed by atoms with Crippen LogP contribution in [0.5, 0.6) is 11.5 Å². The first-order valence-corrected chi connectivity index (χ1v) is 20.1. The van der Waals surface area contributed by atoms with Crippen LogP contribution >= 0.6 is 11.6 Å². The number of halogens is 1. The quantitative estimate of drug-likeness (QED) is 0.0843. The second-order valence-corrected chi connectivity index (χ2v) is 16.4. The standard InChI is InChI=1S/C47H48ClN5O6/c1-30-36(26-59-43-18-42(58-25-34-16-33(20-49)21-50-22-34)37(17-41(43)48)23-52-46(3,29-54)45(56)57)6-4-8-39(30)40-9-5-7-38(31(40)2)35-12-10-32(11-13-35)24-53-15-14-47(28-53)19-44(55)51-27-47/h4-13,16-18,21-22,52,54H,14-15,19,23-29H2,1-3H3,(H,51,55)(H,56,57). The fourth-order valence-electron chi connectivity index (χ4n) is 8.02. The highest BCUT2D eigenvalue weighted by Crippen LogP contribution is 2.39. The number of carbonyl (C=O) groups is 2. The zero-order valence-corrected chi connectivity index (χ0v) is 34.2. The van der Waals surface area contributed by atoms with Crippen LogP contribution in [0.2, 0.25) is 5.02 Å². The van der Waals surface area contributed by atoms with Crippen LogP contribution < -0.4 is 20.1 Å². The summed E-state index contributed by atoms with van der Waals surface area (Å²) in [4.78, 5) is 30.3. The van der Waals surface area contributed by atoms with Gasteiger partial charge >= 0.3 is 5.97 Å². The zero-order valence-electron chi connectivity index (χ0n) is 33.5. The van der Waals surface area contributed by atoms with Gasteiger partial charge in [0.15, 0.2) is 0 Å². The summed E-state index contributed by atoms with van der Waals surface area (Å²) in [6.07, 6.45) is 4.76. The third kappa shape index (κ3) is 9.27. The molecule has 7 rings (SSSR count). The number of benzene rings is 4. The van der Waals surface area contributed by atoms with Gasteiger partial charge in [-0.2, -0.15) is 5.26 Å². The van der Waals surface area contributed by atoms with Crippen molar-refractivity contribution in [1.29, 1.82) is 5.26 Å². The number of carbonyl (C=O) groups excluding carboxylic acids is 1. The molecule has 2 fully saturated rings. The molecule has 1 aromatic heterocycles. The molecule has 2 saturated heterocycles. The molecule has 59 heavy (non-hydrogen) atoms. The summed E-state index contributed by atoms with van der Waals surface area (Å²) >= 11 is 6.78. The van der Waals surface area contributed by atoms with Crippen molar-refractivity contribution in [2.24, 2.45) is 5.41 Å². The van der Waals surface area contributed by atoms with Crippen molar-refractivity contribution in [2.75, 3.05) is 26.2 Å². The van der Waals surface area contributed by atoms with Gasteiger partial charge < -0.3 is 25.0 Å². The van der Waals surface area contributed by atoms with Gasteiger partial charge in [0.05, 0.1) is 17.2 Å². The second kappa shape index (κ2) is 17.6. The first-order valence-electron chi connectivity index (χ1n) is 19.7. The van der Waals surface area contributed by atoms with Gasteiger partial charge in [-0.1, -0.05) is 72.3 Å². The maximum atomic E-state index is 11.9. The number of nitrogens with zero attached hydrogens (tertiary/aromatic N) is 3. The van der Waals surface area contributed by atoms with Gasteiger partial charge in [-0.05, 0) is 90.4 Å². The minimum Gasteiger partial charge on any atom is -0.488 e. The smallest absolute Gasteiger partial charge is 0.326 e. The largest absolute Gasteiger partial charge is 0.488 e. The minimum absolute atomic E-state index is 0.0280. The van der Waals surface area contributed by atoms with E-state index in [1.165, 1.54) is 24.2 Å². The van der Waals surface area contributed by atoms with Gasteiger partial charge in [0.25, 0.3) is 0 Å². The van der Waals surface area contributed by atoms with E-state index in [1.54, 1.807) is 24.4 Å². The minimum atomic E-state index is -1.59. The fraction of sp³-hybridized carbons (Fsp3) is 0.319. The van der Waals surface area contributed by atoms with E-state index in [0.29, 0.717) is 39.6 Å². The van der Waals surface area contributed by atoms with Gasteiger partial charge in [-0.15, -0.1) is 0 Å². The van der Waals surface area contributed by atoms with Crippen LogP contribution in [0, 0.1) is 30.6 Å². The van der Waals surface area contributed by atoms with Crippen molar-refractivity contribution >= 4 is 23.5 Å². The Morgan fingerprint density at radius 1 is 0.966 bits per heavy atom. The number of aliphatic carboxylic acids is 1. The van der Waals surface area contributed by atoms with Crippen molar-refractivity contribution in [1.82, 2.24) is 20.5 Å². The topological polar surface area (TPSA) is 157 Å². The Morgan fingerprint density at radius 3 is 2.41 bits per heavy atom. The molecule has 2 aliphatic rings. The molecule has 1 spiro atoms. The number of nitrogens with one attached hydrogen (secondary N) is 2. The summed E-state index contributed by atoms with van der Waals surface area (Å²) in [6, 6.07) is 28.5. The van der Waals surface area contributed by atoms with Crippen molar-refractivity contribution in [3.63, 3.8) is 0 Å². The van der Waals surface area contributed by atoms with Crippen LogP contribution in [-0.4, -0.2) is 63.8 Å². The van der Waals surface area contributed by atoms with Crippen LogP contribution in [0.25, 0.3) is 22.3 Å². The van der Waals surface area contributed by atoms with E-state index < -0.39 is 18.1 Å². The van der Waals surface area contributed by atoms with E-state index in [2.05, 4.69) is 89.0 Å². The van der Waals surface area contributed by atoms with E-state index in [0.717, 1.165) is 66.0 Å². The number of nitriles is 1. The van der Waals surface area contributed by atoms with E-state index in [4.69, 9.17) is 21.1 Å².